The Morgan fingerprint density at radius 2 is 1.75 bits per heavy atom. The molecule has 1 amide bonds. The number of aromatic nitrogens is 2. The SMILES string of the molecule is Cc1ccc(-c2cc(C(F)(F)F)nn2-c2ccc(S(=O)(=O)NC(=O)CCC(=O)OC[C@@H]3CCCN3/[N+]([O-])=N/OC(C)OC(=O)C(C)C)cc2)cc1. The minimum atomic E-state index is -4.72. The van der Waals surface area contributed by atoms with Gasteiger partial charge in [0.15, 0.2) is 5.69 Å². The summed E-state index contributed by atoms with van der Waals surface area (Å²) >= 11 is 0. The average Bonchev–Trinajstić information content (AvgIpc) is 3.74. The van der Waals surface area contributed by atoms with Gasteiger partial charge >= 0.3 is 18.1 Å². The van der Waals surface area contributed by atoms with Crippen LogP contribution in [-0.4, -0.2) is 71.5 Å². The van der Waals surface area contributed by atoms with Crippen LogP contribution in [-0.2, 0) is 44.9 Å². The number of carbonyl (C=O) groups excluding carboxylic acids is 3. The summed E-state index contributed by atoms with van der Waals surface area (Å²) in [5, 5.41) is 20.8. The highest BCUT2D eigenvalue weighted by atomic mass is 32.2. The molecule has 0 aliphatic carbocycles. The van der Waals surface area contributed by atoms with Crippen molar-refractivity contribution >= 4 is 27.9 Å². The number of sulfonamides is 1. The zero-order valence-electron chi connectivity index (χ0n) is 28.1. The molecular formula is C32H37F3N6O9S. The molecule has 0 bridgehead atoms. The fraction of sp³-hybridized carbons (Fsp3) is 0.438. The number of nitrogens with zero attached hydrogens (tertiary/aromatic N) is 5. The van der Waals surface area contributed by atoms with E-state index in [4.69, 9.17) is 14.3 Å². The molecule has 2 heterocycles. The van der Waals surface area contributed by atoms with E-state index in [2.05, 4.69) is 10.4 Å². The summed E-state index contributed by atoms with van der Waals surface area (Å²) in [6, 6.07) is 11.8. The van der Waals surface area contributed by atoms with Crippen LogP contribution in [0.4, 0.5) is 13.2 Å². The molecule has 0 radical (unpaired) electrons. The first kappa shape index (κ1) is 38.6. The number of nitrogens with one attached hydrogen (secondary N) is 1. The summed E-state index contributed by atoms with van der Waals surface area (Å²) in [6.07, 6.45) is -5.78. The van der Waals surface area contributed by atoms with Gasteiger partial charge in [-0.05, 0) is 50.1 Å². The van der Waals surface area contributed by atoms with Crippen molar-refractivity contribution in [2.24, 2.45) is 11.2 Å². The lowest BCUT2D eigenvalue weighted by Crippen LogP contribution is -2.39. The fourth-order valence-corrected chi connectivity index (χ4v) is 5.85. The molecule has 3 aromatic rings. The van der Waals surface area contributed by atoms with Gasteiger partial charge in [-0.2, -0.15) is 18.3 Å². The molecule has 1 saturated heterocycles. The topological polar surface area (TPSA) is 185 Å². The van der Waals surface area contributed by atoms with E-state index in [1.165, 1.54) is 24.1 Å². The Morgan fingerprint density at radius 3 is 2.37 bits per heavy atom. The number of hydrazine groups is 1. The highest BCUT2D eigenvalue weighted by Crippen LogP contribution is 2.33. The molecule has 276 valence electrons. The molecule has 1 aromatic heterocycles. The van der Waals surface area contributed by atoms with Crippen molar-refractivity contribution in [3.63, 3.8) is 0 Å². The molecule has 51 heavy (non-hydrogen) atoms. The van der Waals surface area contributed by atoms with Gasteiger partial charge in [0.05, 0.1) is 40.1 Å². The molecule has 0 saturated carbocycles. The number of halogens is 3. The van der Waals surface area contributed by atoms with Crippen molar-refractivity contribution in [3.05, 3.63) is 71.1 Å². The largest absolute Gasteiger partial charge is 0.569 e. The molecule has 2 atom stereocenters. The normalized spacial score (nSPS) is 15.8. The van der Waals surface area contributed by atoms with Crippen LogP contribution in [0.15, 0.2) is 64.8 Å². The van der Waals surface area contributed by atoms with Crippen molar-refractivity contribution in [1.82, 2.24) is 19.5 Å². The second-order valence-corrected chi connectivity index (χ2v) is 13.6. The lowest BCUT2D eigenvalue weighted by Gasteiger charge is -2.20. The van der Waals surface area contributed by atoms with Crippen LogP contribution in [0.3, 0.4) is 0 Å². The summed E-state index contributed by atoms with van der Waals surface area (Å²) in [6.45, 7) is 6.55. The molecule has 2 aromatic carbocycles. The molecule has 15 nitrogen and oxygen atoms in total. The van der Waals surface area contributed by atoms with Crippen LogP contribution in [0, 0.1) is 18.0 Å². The first-order valence-corrected chi connectivity index (χ1v) is 17.3. The maximum absolute atomic E-state index is 13.5. The van der Waals surface area contributed by atoms with Crippen LogP contribution in [0.25, 0.3) is 16.9 Å². The van der Waals surface area contributed by atoms with Crippen LogP contribution in [0.2, 0.25) is 0 Å². The summed E-state index contributed by atoms with van der Waals surface area (Å²) < 4.78 is 79.4. The third kappa shape index (κ3) is 10.4. The molecule has 1 aliphatic rings. The molecule has 1 fully saturated rings. The van der Waals surface area contributed by atoms with E-state index >= 15 is 0 Å². The Bertz CT molecular complexity index is 1850. The van der Waals surface area contributed by atoms with Gasteiger partial charge < -0.3 is 14.7 Å². The zero-order valence-corrected chi connectivity index (χ0v) is 28.9. The van der Waals surface area contributed by atoms with E-state index in [9.17, 15) is 41.2 Å². The quantitative estimate of drug-likeness (QED) is 0.0787. The highest BCUT2D eigenvalue weighted by molar-refractivity contribution is 7.90. The number of ether oxygens (including phenoxy) is 2. The number of alkyl halides is 3. The standard InChI is InChI=1S/C32H37F3N6O9S/c1-20(2)31(44)49-22(4)50-38-41(45)39-17-5-6-25(39)19-48-30(43)16-15-29(42)37-51(46,47)26-13-11-24(12-14-26)40-27(18-28(36-40)32(33,34)35)23-9-7-21(3)8-10-23/h7-14,18,20,22,25H,5-6,15-17,19H2,1-4H3,(H,37,42)/b41-38-/t22?,25-/m0/s1. The minimum Gasteiger partial charge on any atom is -0.569 e. The third-order valence-corrected chi connectivity index (χ3v) is 8.95. The van der Waals surface area contributed by atoms with Gasteiger partial charge in [0, 0.05) is 18.9 Å². The van der Waals surface area contributed by atoms with Gasteiger partial charge in [-0.15, -0.1) is 5.01 Å². The van der Waals surface area contributed by atoms with Gasteiger partial charge in [0.2, 0.25) is 11.2 Å². The zero-order chi connectivity index (χ0) is 37.5. The fourth-order valence-electron chi connectivity index (χ4n) is 4.84. The van der Waals surface area contributed by atoms with Gasteiger partial charge in [-0.1, -0.05) is 43.7 Å². The summed E-state index contributed by atoms with van der Waals surface area (Å²) in [4.78, 5) is 41.2. The van der Waals surface area contributed by atoms with Crippen molar-refractivity contribution < 1.29 is 55.3 Å². The van der Waals surface area contributed by atoms with Gasteiger partial charge in [0.1, 0.15) is 12.6 Å². The Morgan fingerprint density at radius 1 is 1.08 bits per heavy atom. The van der Waals surface area contributed by atoms with Crippen LogP contribution in [0.5, 0.6) is 0 Å². The van der Waals surface area contributed by atoms with Crippen molar-refractivity contribution in [3.8, 4) is 16.9 Å². The number of carbonyl (C=O) groups is 3. The maximum atomic E-state index is 13.5. The predicted molar refractivity (Wildman–Crippen MR) is 172 cm³/mol. The number of hydrogen-bond acceptors (Lipinski definition) is 11. The van der Waals surface area contributed by atoms with Gasteiger partial charge in [0.25, 0.3) is 16.3 Å². The first-order chi connectivity index (χ1) is 23.9. The number of aryl methyl sites for hydroxylation is 1. The van der Waals surface area contributed by atoms with Gasteiger partial charge in [-0.25, -0.2) is 17.8 Å². The summed E-state index contributed by atoms with van der Waals surface area (Å²) in [5.41, 5.74) is 0.488. The van der Waals surface area contributed by atoms with E-state index in [1.807, 2.05) is 11.6 Å². The van der Waals surface area contributed by atoms with E-state index in [-0.39, 0.29) is 34.4 Å². The molecule has 4 rings (SSSR count). The molecule has 1 unspecified atom stereocenters. The Hall–Kier alpha value is -5.20. The lowest BCUT2D eigenvalue weighted by molar-refractivity contribution is -0.716. The average molecular weight is 739 g/mol. The number of amides is 1. The second kappa shape index (κ2) is 16.2. The van der Waals surface area contributed by atoms with Crippen LogP contribution < -0.4 is 4.72 Å². The summed E-state index contributed by atoms with van der Waals surface area (Å²) in [7, 11) is -4.41. The Kier molecular flexibility index (Phi) is 12.3. The van der Waals surface area contributed by atoms with Crippen LogP contribution in [0.1, 0.15) is 57.7 Å². The third-order valence-electron chi connectivity index (χ3n) is 7.56. The predicted octanol–water partition coefficient (Wildman–Crippen LogP) is 4.81. The van der Waals surface area contributed by atoms with Gasteiger partial charge in [-0.3, -0.25) is 19.2 Å². The smallest absolute Gasteiger partial charge is 0.435 e. The molecule has 19 heteroatoms. The molecule has 1 aliphatic heterocycles. The monoisotopic (exact) mass is 738 g/mol. The van der Waals surface area contributed by atoms with E-state index in [0.29, 0.717) is 18.4 Å². The molecule has 1 N–H and O–H groups in total. The Labute approximate surface area is 291 Å². The van der Waals surface area contributed by atoms with E-state index in [0.717, 1.165) is 28.4 Å². The lowest BCUT2D eigenvalue weighted by atomic mass is 10.1. The van der Waals surface area contributed by atoms with E-state index < -0.39 is 70.8 Å². The van der Waals surface area contributed by atoms with Crippen molar-refractivity contribution in [1.29, 1.82) is 0 Å². The first-order valence-electron chi connectivity index (χ1n) is 15.8. The van der Waals surface area contributed by atoms with Crippen LogP contribution >= 0.6 is 0 Å². The van der Waals surface area contributed by atoms with Crippen molar-refractivity contribution in [2.75, 3.05) is 13.2 Å². The number of rotatable bonds is 14. The van der Waals surface area contributed by atoms with E-state index in [1.54, 1.807) is 38.1 Å². The number of hydrogen-bond donors (Lipinski definition) is 1. The summed E-state index contributed by atoms with van der Waals surface area (Å²) in [5.74, 6) is -2.76. The Balaban J connectivity index is 1.30. The maximum Gasteiger partial charge on any atom is 0.435 e. The minimum absolute atomic E-state index is 0.129. The number of esters is 2. The highest BCUT2D eigenvalue weighted by Gasteiger charge is 2.36. The second-order valence-electron chi connectivity index (χ2n) is 12.0. The van der Waals surface area contributed by atoms with Crippen molar-refractivity contribution in [2.45, 2.75) is 76.8 Å². The molecule has 0 spiro atoms. The molecular weight excluding hydrogens is 701 g/mol. The number of benzene rings is 2.